The first-order chi connectivity index (χ1) is 8.74. The zero-order chi connectivity index (χ0) is 13.0. The van der Waals surface area contributed by atoms with Crippen molar-refractivity contribution in [2.75, 3.05) is 12.4 Å². The summed E-state index contributed by atoms with van der Waals surface area (Å²) in [5.74, 6) is 1.53. The number of ether oxygens (including phenoxy) is 1. The molecule has 0 amide bonds. The molecule has 0 saturated heterocycles. The van der Waals surface area contributed by atoms with E-state index in [0.717, 1.165) is 11.4 Å². The van der Waals surface area contributed by atoms with Crippen molar-refractivity contribution >= 4 is 5.69 Å². The lowest BCUT2D eigenvalue weighted by Gasteiger charge is -2.14. The van der Waals surface area contributed by atoms with E-state index in [1.165, 1.54) is 0 Å². The van der Waals surface area contributed by atoms with E-state index in [-0.39, 0.29) is 6.04 Å². The summed E-state index contributed by atoms with van der Waals surface area (Å²) >= 11 is 0. The van der Waals surface area contributed by atoms with Gasteiger partial charge in [-0.2, -0.15) is 5.26 Å². The summed E-state index contributed by atoms with van der Waals surface area (Å²) in [5.41, 5.74) is 1.31. The van der Waals surface area contributed by atoms with E-state index in [1.807, 2.05) is 19.1 Å². The summed E-state index contributed by atoms with van der Waals surface area (Å²) in [7, 11) is 1.60. The maximum absolute atomic E-state index is 9.07. The minimum Gasteiger partial charge on any atom is -0.497 e. The third-order valence-corrected chi connectivity index (χ3v) is 2.69. The number of hydrogen-bond acceptors (Lipinski definition) is 4. The topological polar surface area (TPSA) is 58.2 Å². The second kappa shape index (κ2) is 5.28. The van der Waals surface area contributed by atoms with Crippen molar-refractivity contribution in [1.29, 1.82) is 5.26 Å². The molecule has 0 saturated carbocycles. The van der Waals surface area contributed by atoms with Crippen molar-refractivity contribution in [1.82, 2.24) is 0 Å². The second-order valence-corrected chi connectivity index (χ2v) is 3.90. The van der Waals surface area contributed by atoms with Gasteiger partial charge in [-0.1, -0.05) is 0 Å². The zero-order valence-electron chi connectivity index (χ0n) is 10.3. The largest absolute Gasteiger partial charge is 0.497 e. The Bertz CT molecular complexity index is 556. The summed E-state index contributed by atoms with van der Waals surface area (Å²) < 4.78 is 10.5. The average Bonchev–Trinajstić information content (AvgIpc) is 2.92. The van der Waals surface area contributed by atoms with Crippen LogP contribution >= 0.6 is 0 Å². The van der Waals surface area contributed by atoms with Crippen LogP contribution in [0.25, 0.3) is 0 Å². The van der Waals surface area contributed by atoms with Gasteiger partial charge in [0.2, 0.25) is 0 Å². The van der Waals surface area contributed by atoms with Crippen molar-refractivity contribution in [3.8, 4) is 11.8 Å². The molecule has 1 aromatic carbocycles. The van der Waals surface area contributed by atoms with Gasteiger partial charge in [-0.05, 0) is 31.2 Å². The van der Waals surface area contributed by atoms with Gasteiger partial charge in [-0.3, -0.25) is 0 Å². The van der Waals surface area contributed by atoms with E-state index in [0.29, 0.717) is 11.3 Å². The fourth-order valence-corrected chi connectivity index (χ4v) is 1.71. The molecule has 4 heteroatoms. The highest BCUT2D eigenvalue weighted by Crippen LogP contribution is 2.26. The van der Waals surface area contributed by atoms with Gasteiger partial charge in [0.25, 0.3) is 0 Å². The SMILES string of the molecule is COc1ccc(C#N)c(NC(C)c2ccco2)c1. The number of methoxy groups -OCH3 is 1. The molecular weight excluding hydrogens is 228 g/mol. The molecule has 0 aliphatic carbocycles. The van der Waals surface area contributed by atoms with Gasteiger partial charge >= 0.3 is 0 Å². The molecule has 92 valence electrons. The van der Waals surface area contributed by atoms with Crippen molar-refractivity contribution in [2.24, 2.45) is 0 Å². The Morgan fingerprint density at radius 1 is 1.39 bits per heavy atom. The summed E-state index contributed by atoms with van der Waals surface area (Å²) in [6.07, 6.45) is 1.63. The van der Waals surface area contributed by atoms with Crippen molar-refractivity contribution in [2.45, 2.75) is 13.0 Å². The lowest BCUT2D eigenvalue weighted by atomic mass is 10.1. The first-order valence-electron chi connectivity index (χ1n) is 5.62. The van der Waals surface area contributed by atoms with Crippen LogP contribution in [0, 0.1) is 11.3 Å². The highest BCUT2D eigenvalue weighted by molar-refractivity contribution is 5.61. The highest BCUT2D eigenvalue weighted by atomic mass is 16.5. The molecule has 1 heterocycles. The molecule has 18 heavy (non-hydrogen) atoms. The number of nitrogens with zero attached hydrogens (tertiary/aromatic N) is 1. The normalized spacial score (nSPS) is 11.6. The average molecular weight is 242 g/mol. The number of hydrogen-bond donors (Lipinski definition) is 1. The summed E-state index contributed by atoms with van der Waals surface area (Å²) in [6, 6.07) is 11.2. The minimum atomic E-state index is -0.0146. The summed E-state index contributed by atoms with van der Waals surface area (Å²) in [6.45, 7) is 1.97. The molecule has 0 fully saturated rings. The van der Waals surface area contributed by atoms with E-state index in [4.69, 9.17) is 14.4 Å². The smallest absolute Gasteiger partial charge is 0.125 e. The Hall–Kier alpha value is -2.41. The van der Waals surface area contributed by atoms with Crippen LogP contribution in [0.1, 0.15) is 24.3 Å². The van der Waals surface area contributed by atoms with Gasteiger partial charge in [0.1, 0.15) is 17.6 Å². The first kappa shape index (κ1) is 12.1. The predicted octanol–water partition coefficient (Wildman–Crippen LogP) is 3.33. The Morgan fingerprint density at radius 3 is 2.83 bits per heavy atom. The monoisotopic (exact) mass is 242 g/mol. The molecule has 0 aliphatic heterocycles. The maximum Gasteiger partial charge on any atom is 0.125 e. The van der Waals surface area contributed by atoms with E-state index in [9.17, 15) is 0 Å². The molecule has 2 rings (SSSR count). The molecule has 1 N–H and O–H groups in total. The van der Waals surface area contributed by atoms with Crippen LogP contribution < -0.4 is 10.1 Å². The van der Waals surface area contributed by atoms with Crippen LogP contribution in [0.3, 0.4) is 0 Å². The van der Waals surface area contributed by atoms with E-state index < -0.39 is 0 Å². The van der Waals surface area contributed by atoms with Crippen molar-refractivity contribution < 1.29 is 9.15 Å². The summed E-state index contributed by atoms with van der Waals surface area (Å²) in [5, 5.41) is 12.3. The van der Waals surface area contributed by atoms with E-state index in [2.05, 4.69) is 11.4 Å². The van der Waals surface area contributed by atoms with Gasteiger partial charge in [0.05, 0.1) is 30.7 Å². The molecular formula is C14H14N2O2. The van der Waals surface area contributed by atoms with E-state index in [1.54, 1.807) is 31.6 Å². The molecule has 0 aliphatic rings. The van der Waals surface area contributed by atoms with Crippen LogP contribution in [-0.4, -0.2) is 7.11 Å². The Balaban J connectivity index is 2.25. The fourth-order valence-electron chi connectivity index (χ4n) is 1.71. The molecule has 1 aromatic heterocycles. The maximum atomic E-state index is 9.07. The number of nitriles is 1. The van der Waals surface area contributed by atoms with E-state index >= 15 is 0 Å². The van der Waals surface area contributed by atoms with Gasteiger partial charge < -0.3 is 14.5 Å². The first-order valence-corrected chi connectivity index (χ1v) is 5.62. The predicted molar refractivity (Wildman–Crippen MR) is 68.5 cm³/mol. The van der Waals surface area contributed by atoms with Gasteiger partial charge in [0.15, 0.2) is 0 Å². The van der Waals surface area contributed by atoms with Crippen molar-refractivity contribution in [3.05, 3.63) is 47.9 Å². The molecule has 1 atom stereocenters. The fraction of sp³-hybridized carbons (Fsp3) is 0.214. The molecule has 1 unspecified atom stereocenters. The lowest BCUT2D eigenvalue weighted by Crippen LogP contribution is -2.07. The number of anilines is 1. The van der Waals surface area contributed by atoms with Crippen LogP contribution in [0.2, 0.25) is 0 Å². The number of benzene rings is 1. The van der Waals surface area contributed by atoms with Gasteiger partial charge in [-0.15, -0.1) is 0 Å². The minimum absolute atomic E-state index is 0.0146. The molecule has 0 bridgehead atoms. The number of nitrogens with one attached hydrogen (secondary N) is 1. The van der Waals surface area contributed by atoms with Crippen LogP contribution in [0.5, 0.6) is 5.75 Å². The summed E-state index contributed by atoms with van der Waals surface area (Å²) in [4.78, 5) is 0. The number of rotatable bonds is 4. The lowest BCUT2D eigenvalue weighted by molar-refractivity contribution is 0.415. The Morgan fingerprint density at radius 2 is 2.22 bits per heavy atom. The molecule has 4 nitrogen and oxygen atoms in total. The van der Waals surface area contributed by atoms with Crippen molar-refractivity contribution in [3.63, 3.8) is 0 Å². The second-order valence-electron chi connectivity index (χ2n) is 3.90. The van der Waals surface area contributed by atoms with Gasteiger partial charge in [-0.25, -0.2) is 0 Å². The Kier molecular flexibility index (Phi) is 3.54. The van der Waals surface area contributed by atoms with Gasteiger partial charge in [0, 0.05) is 6.07 Å². The van der Waals surface area contributed by atoms with Crippen LogP contribution in [0.4, 0.5) is 5.69 Å². The van der Waals surface area contributed by atoms with Crippen LogP contribution in [-0.2, 0) is 0 Å². The number of furan rings is 1. The molecule has 0 spiro atoms. The third-order valence-electron chi connectivity index (χ3n) is 2.69. The quantitative estimate of drug-likeness (QED) is 0.893. The van der Waals surface area contributed by atoms with Crippen LogP contribution in [0.15, 0.2) is 41.0 Å². The Labute approximate surface area is 106 Å². The molecule has 0 radical (unpaired) electrons. The molecule has 2 aromatic rings. The standard InChI is InChI=1S/C14H14N2O2/c1-10(14-4-3-7-18-14)16-13-8-12(17-2)6-5-11(13)9-15/h3-8,10,16H,1-2H3. The highest BCUT2D eigenvalue weighted by Gasteiger charge is 2.11. The zero-order valence-corrected chi connectivity index (χ0v) is 10.3. The third kappa shape index (κ3) is 2.46.